The molecule has 0 aliphatic heterocycles. The number of imidazole rings is 1. The minimum absolute atomic E-state index is 0.106. The van der Waals surface area contributed by atoms with E-state index in [1.807, 2.05) is 30.3 Å². The molecule has 4 heteroatoms. The van der Waals surface area contributed by atoms with Gasteiger partial charge in [-0.05, 0) is 36.2 Å². The molecule has 0 fully saturated rings. The van der Waals surface area contributed by atoms with E-state index in [4.69, 9.17) is 10.7 Å². The minimum Gasteiger partial charge on any atom is -0.322 e. The molecule has 22 heavy (non-hydrogen) atoms. The molecule has 0 aliphatic rings. The van der Waals surface area contributed by atoms with Crippen LogP contribution < -0.4 is 5.73 Å². The fourth-order valence-electron chi connectivity index (χ4n) is 2.80. The summed E-state index contributed by atoms with van der Waals surface area (Å²) in [6.45, 7) is 2.68. The second-order valence-electron chi connectivity index (χ2n) is 5.57. The summed E-state index contributed by atoms with van der Waals surface area (Å²) in [5, 5.41) is 0. The highest BCUT2D eigenvalue weighted by atomic mass is 19.1. The molecule has 1 heterocycles. The first-order valence-corrected chi connectivity index (χ1v) is 7.64. The Hall–Kier alpha value is -2.20. The molecule has 0 amide bonds. The van der Waals surface area contributed by atoms with Crippen molar-refractivity contribution in [3.05, 3.63) is 65.7 Å². The van der Waals surface area contributed by atoms with E-state index in [0.29, 0.717) is 6.54 Å². The number of benzene rings is 2. The van der Waals surface area contributed by atoms with Crippen LogP contribution in [0.1, 0.15) is 37.2 Å². The highest BCUT2D eigenvalue weighted by Gasteiger charge is 2.16. The molecule has 3 rings (SSSR count). The Balaban J connectivity index is 2.07. The zero-order chi connectivity index (χ0) is 15.5. The fraction of sp³-hybridized carbons (Fsp3) is 0.278. The summed E-state index contributed by atoms with van der Waals surface area (Å²) in [5.41, 5.74) is 9.17. The zero-order valence-corrected chi connectivity index (χ0v) is 12.7. The smallest absolute Gasteiger partial charge is 0.127 e. The van der Waals surface area contributed by atoms with E-state index in [1.54, 1.807) is 12.1 Å². The molecule has 0 saturated heterocycles. The van der Waals surface area contributed by atoms with Gasteiger partial charge in [0, 0.05) is 6.54 Å². The van der Waals surface area contributed by atoms with Crippen LogP contribution in [0.4, 0.5) is 4.39 Å². The SMILES string of the molecule is CCC[C@H](N)c1nc2ccccc2n1Cc1cccc(F)c1. The van der Waals surface area contributed by atoms with Crippen molar-refractivity contribution in [3.8, 4) is 0 Å². The number of nitrogens with two attached hydrogens (primary N) is 1. The molecular formula is C18H20FN3. The number of rotatable bonds is 5. The quantitative estimate of drug-likeness (QED) is 0.773. The molecule has 3 aromatic rings. The van der Waals surface area contributed by atoms with Crippen molar-refractivity contribution in [3.63, 3.8) is 0 Å². The number of fused-ring (bicyclic) bond motifs is 1. The third-order valence-electron chi connectivity index (χ3n) is 3.85. The lowest BCUT2D eigenvalue weighted by Gasteiger charge is -2.14. The standard InChI is InChI=1S/C18H20FN3/c1-2-6-15(20)18-21-16-9-3-4-10-17(16)22(18)12-13-7-5-8-14(19)11-13/h3-5,7-11,15H,2,6,12,20H2,1H3/t15-/m0/s1. The molecule has 0 radical (unpaired) electrons. The lowest BCUT2D eigenvalue weighted by molar-refractivity contribution is 0.570. The lowest BCUT2D eigenvalue weighted by atomic mass is 10.1. The Kier molecular flexibility index (Phi) is 4.20. The van der Waals surface area contributed by atoms with Gasteiger partial charge < -0.3 is 10.3 Å². The van der Waals surface area contributed by atoms with Crippen molar-refractivity contribution in [1.29, 1.82) is 0 Å². The van der Waals surface area contributed by atoms with Crippen LogP contribution in [-0.4, -0.2) is 9.55 Å². The van der Waals surface area contributed by atoms with Gasteiger partial charge >= 0.3 is 0 Å². The van der Waals surface area contributed by atoms with Gasteiger partial charge in [-0.3, -0.25) is 0 Å². The van der Waals surface area contributed by atoms with Gasteiger partial charge in [0.2, 0.25) is 0 Å². The first kappa shape index (κ1) is 14.7. The van der Waals surface area contributed by atoms with Gasteiger partial charge in [0.05, 0.1) is 17.1 Å². The van der Waals surface area contributed by atoms with E-state index in [1.165, 1.54) is 6.07 Å². The fourth-order valence-corrected chi connectivity index (χ4v) is 2.80. The maximum Gasteiger partial charge on any atom is 0.127 e. The Labute approximate surface area is 129 Å². The number of para-hydroxylation sites is 2. The van der Waals surface area contributed by atoms with Crippen molar-refractivity contribution in [2.45, 2.75) is 32.4 Å². The van der Waals surface area contributed by atoms with Crippen molar-refractivity contribution in [2.75, 3.05) is 0 Å². The Bertz CT molecular complexity index is 779. The van der Waals surface area contributed by atoms with Gasteiger partial charge in [-0.15, -0.1) is 0 Å². The second kappa shape index (κ2) is 6.28. The largest absolute Gasteiger partial charge is 0.322 e. The number of hydrogen-bond donors (Lipinski definition) is 1. The average Bonchev–Trinajstić information content (AvgIpc) is 2.87. The van der Waals surface area contributed by atoms with Gasteiger partial charge in [0.25, 0.3) is 0 Å². The summed E-state index contributed by atoms with van der Waals surface area (Å²) in [6.07, 6.45) is 1.89. The van der Waals surface area contributed by atoms with Crippen molar-refractivity contribution in [2.24, 2.45) is 5.73 Å². The minimum atomic E-state index is -0.221. The van der Waals surface area contributed by atoms with Gasteiger partial charge in [-0.2, -0.15) is 0 Å². The van der Waals surface area contributed by atoms with Gasteiger partial charge in [-0.25, -0.2) is 9.37 Å². The molecule has 114 valence electrons. The summed E-state index contributed by atoms with van der Waals surface area (Å²) in [7, 11) is 0. The maximum atomic E-state index is 13.4. The molecule has 1 atom stereocenters. The average molecular weight is 297 g/mol. The first-order chi connectivity index (χ1) is 10.7. The molecule has 0 spiro atoms. The molecule has 0 saturated carbocycles. The predicted molar refractivity (Wildman–Crippen MR) is 87.1 cm³/mol. The predicted octanol–water partition coefficient (Wildman–Crippen LogP) is 4.02. The van der Waals surface area contributed by atoms with E-state index in [9.17, 15) is 4.39 Å². The molecular weight excluding hydrogens is 277 g/mol. The molecule has 3 nitrogen and oxygen atoms in total. The summed E-state index contributed by atoms with van der Waals surface area (Å²) >= 11 is 0. The van der Waals surface area contributed by atoms with E-state index in [-0.39, 0.29) is 11.9 Å². The van der Waals surface area contributed by atoms with Gasteiger partial charge in [0.1, 0.15) is 11.6 Å². The monoisotopic (exact) mass is 297 g/mol. The van der Waals surface area contributed by atoms with Crippen LogP contribution in [-0.2, 0) is 6.54 Å². The van der Waals surface area contributed by atoms with Crippen LogP contribution in [0.15, 0.2) is 48.5 Å². The molecule has 2 aromatic carbocycles. The Morgan fingerprint density at radius 1 is 1.18 bits per heavy atom. The van der Waals surface area contributed by atoms with Crippen LogP contribution in [0.3, 0.4) is 0 Å². The van der Waals surface area contributed by atoms with Crippen molar-refractivity contribution >= 4 is 11.0 Å². The second-order valence-corrected chi connectivity index (χ2v) is 5.57. The van der Waals surface area contributed by atoms with Gasteiger partial charge in [-0.1, -0.05) is 37.6 Å². The third kappa shape index (κ3) is 2.88. The zero-order valence-electron chi connectivity index (χ0n) is 12.7. The number of nitrogens with zero attached hydrogens (tertiary/aromatic N) is 2. The number of halogens is 1. The third-order valence-corrected chi connectivity index (χ3v) is 3.85. The van der Waals surface area contributed by atoms with E-state index in [0.717, 1.165) is 35.3 Å². The number of aromatic nitrogens is 2. The van der Waals surface area contributed by atoms with E-state index in [2.05, 4.69) is 11.5 Å². The topological polar surface area (TPSA) is 43.8 Å². The summed E-state index contributed by atoms with van der Waals surface area (Å²) in [4.78, 5) is 4.69. The lowest BCUT2D eigenvalue weighted by Crippen LogP contribution is -2.17. The molecule has 0 unspecified atom stereocenters. The van der Waals surface area contributed by atoms with Crippen molar-refractivity contribution in [1.82, 2.24) is 9.55 Å². The van der Waals surface area contributed by atoms with E-state index >= 15 is 0 Å². The first-order valence-electron chi connectivity index (χ1n) is 7.64. The Morgan fingerprint density at radius 2 is 2.00 bits per heavy atom. The Morgan fingerprint density at radius 3 is 2.77 bits per heavy atom. The van der Waals surface area contributed by atoms with Crippen molar-refractivity contribution < 1.29 is 4.39 Å². The highest BCUT2D eigenvalue weighted by molar-refractivity contribution is 5.76. The van der Waals surface area contributed by atoms with Crippen LogP contribution in [0.25, 0.3) is 11.0 Å². The number of hydrogen-bond acceptors (Lipinski definition) is 2. The molecule has 1 aromatic heterocycles. The van der Waals surface area contributed by atoms with E-state index < -0.39 is 0 Å². The summed E-state index contributed by atoms with van der Waals surface area (Å²) < 4.78 is 15.5. The normalized spacial score (nSPS) is 12.7. The molecule has 0 aliphatic carbocycles. The summed E-state index contributed by atoms with van der Waals surface area (Å²) in [5.74, 6) is 0.647. The van der Waals surface area contributed by atoms with Crippen LogP contribution in [0.5, 0.6) is 0 Å². The molecule has 0 bridgehead atoms. The van der Waals surface area contributed by atoms with Crippen LogP contribution >= 0.6 is 0 Å². The highest BCUT2D eigenvalue weighted by Crippen LogP contribution is 2.23. The summed E-state index contributed by atoms with van der Waals surface area (Å²) in [6, 6.07) is 14.5. The van der Waals surface area contributed by atoms with Crippen LogP contribution in [0, 0.1) is 5.82 Å². The molecule has 2 N–H and O–H groups in total. The van der Waals surface area contributed by atoms with Crippen LogP contribution in [0.2, 0.25) is 0 Å². The van der Waals surface area contributed by atoms with Gasteiger partial charge in [0.15, 0.2) is 0 Å². The maximum absolute atomic E-state index is 13.4.